The lowest BCUT2D eigenvalue weighted by Gasteiger charge is -2.08. The van der Waals surface area contributed by atoms with Crippen LogP contribution >= 0.6 is 0 Å². The second-order valence-electron chi connectivity index (χ2n) is 3.03. The Morgan fingerprint density at radius 1 is 1.60 bits per heavy atom. The van der Waals surface area contributed by atoms with Gasteiger partial charge in [-0.15, -0.1) is 0 Å². The Morgan fingerprint density at radius 2 is 2.40 bits per heavy atom. The third-order valence-corrected chi connectivity index (χ3v) is 2.30. The fourth-order valence-corrected chi connectivity index (χ4v) is 1.60. The highest BCUT2D eigenvalue weighted by Gasteiger charge is 2.47. The quantitative estimate of drug-likeness (QED) is 0.333. The molecule has 0 aromatic carbocycles. The molecule has 0 spiro atoms. The molecule has 1 heterocycles. The topological polar surface area (TPSA) is 61.4 Å². The van der Waals surface area contributed by atoms with Gasteiger partial charge in [0.2, 0.25) is 0 Å². The fourth-order valence-electron chi connectivity index (χ4n) is 1.60. The maximum atomic E-state index is 10.8. The van der Waals surface area contributed by atoms with Gasteiger partial charge in [0.25, 0.3) is 5.91 Å². The summed E-state index contributed by atoms with van der Waals surface area (Å²) in [5.74, 6) is 0.398. The minimum atomic E-state index is -0.299. The van der Waals surface area contributed by atoms with E-state index in [9.17, 15) is 4.79 Å². The molecule has 1 aliphatic carbocycles. The van der Waals surface area contributed by atoms with Crippen LogP contribution in [0, 0.1) is 5.92 Å². The molecule has 3 atom stereocenters. The normalized spacial score (nSPS) is 42.7. The first-order valence-electron chi connectivity index (χ1n) is 3.51. The van der Waals surface area contributed by atoms with Gasteiger partial charge in [-0.3, -0.25) is 10.0 Å². The van der Waals surface area contributed by atoms with Crippen LogP contribution in [0.2, 0.25) is 0 Å². The summed E-state index contributed by atoms with van der Waals surface area (Å²) in [5, 5.41) is 11.4. The van der Waals surface area contributed by atoms with Crippen LogP contribution in [0.3, 0.4) is 0 Å². The van der Waals surface area contributed by atoms with E-state index in [2.05, 4.69) is 5.32 Å². The van der Waals surface area contributed by atoms with Gasteiger partial charge in [-0.1, -0.05) is 0 Å². The Morgan fingerprint density at radius 3 is 2.90 bits per heavy atom. The lowest BCUT2D eigenvalue weighted by Crippen LogP contribution is -2.40. The molecule has 10 heavy (non-hydrogen) atoms. The number of carbonyl (C=O) groups is 1. The van der Waals surface area contributed by atoms with Crippen LogP contribution in [-0.4, -0.2) is 23.2 Å². The van der Waals surface area contributed by atoms with Crippen molar-refractivity contribution in [3.05, 3.63) is 0 Å². The van der Waals surface area contributed by atoms with E-state index in [-0.39, 0.29) is 11.9 Å². The van der Waals surface area contributed by atoms with Crippen LogP contribution in [0.1, 0.15) is 12.8 Å². The van der Waals surface area contributed by atoms with Crippen molar-refractivity contribution in [2.75, 3.05) is 0 Å². The zero-order valence-corrected chi connectivity index (χ0v) is 5.50. The van der Waals surface area contributed by atoms with Gasteiger partial charge in [0.15, 0.2) is 0 Å². The van der Waals surface area contributed by atoms with E-state index in [1.807, 2.05) is 0 Å². The number of rotatable bonds is 1. The molecule has 2 aliphatic rings. The highest BCUT2D eigenvalue weighted by Crippen LogP contribution is 2.40. The van der Waals surface area contributed by atoms with Gasteiger partial charge in [-0.05, 0) is 18.8 Å². The predicted molar refractivity (Wildman–Crippen MR) is 33.4 cm³/mol. The molecule has 4 heteroatoms. The van der Waals surface area contributed by atoms with E-state index in [1.54, 1.807) is 5.48 Å². The summed E-state index contributed by atoms with van der Waals surface area (Å²) in [6, 6.07) is 0.413. The van der Waals surface area contributed by atoms with Crippen LogP contribution in [0.25, 0.3) is 0 Å². The van der Waals surface area contributed by atoms with Crippen molar-refractivity contribution in [1.82, 2.24) is 10.8 Å². The number of nitrogens with one attached hydrogen (secondary N) is 2. The van der Waals surface area contributed by atoms with E-state index in [0.717, 1.165) is 6.42 Å². The Bertz CT molecular complexity index is 161. The average Bonchev–Trinajstić information content (AvgIpc) is 2.57. The molecule has 3 N–H and O–H groups in total. The summed E-state index contributed by atoms with van der Waals surface area (Å²) in [6.45, 7) is 0. The van der Waals surface area contributed by atoms with Gasteiger partial charge in [0.05, 0.1) is 6.04 Å². The number of hydroxylamine groups is 1. The molecule has 0 bridgehead atoms. The lowest BCUT2D eigenvalue weighted by molar-refractivity contribution is -0.131. The van der Waals surface area contributed by atoms with E-state index in [1.165, 1.54) is 6.42 Å². The van der Waals surface area contributed by atoms with E-state index >= 15 is 0 Å². The molecule has 1 aliphatic heterocycles. The summed E-state index contributed by atoms with van der Waals surface area (Å²) in [4.78, 5) is 10.8. The number of amides is 1. The van der Waals surface area contributed by atoms with Crippen molar-refractivity contribution in [2.24, 2.45) is 5.92 Å². The van der Waals surface area contributed by atoms with E-state index < -0.39 is 0 Å². The van der Waals surface area contributed by atoms with Crippen molar-refractivity contribution < 1.29 is 10.0 Å². The fraction of sp³-hybridized carbons (Fsp3) is 0.833. The van der Waals surface area contributed by atoms with Crippen molar-refractivity contribution in [1.29, 1.82) is 0 Å². The van der Waals surface area contributed by atoms with Crippen molar-refractivity contribution in [2.45, 2.75) is 24.9 Å². The zero-order valence-electron chi connectivity index (χ0n) is 5.50. The minimum absolute atomic E-state index is 0.145. The predicted octanol–water partition coefficient (Wildman–Crippen LogP) is -0.758. The Balaban J connectivity index is 1.90. The summed E-state index contributed by atoms with van der Waals surface area (Å²) < 4.78 is 0. The molecule has 0 unspecified atom stereocenters. The van der Waals surface area contributed by atoms with Crippen LogP contribution in [0.15, 0.2) is 0 Å². The third kappa shape index (κ3) is 0.803. The van der Waals surface area contributed by atoms with Crippen LogP contribution in [0.4, 0.5) is 0 Å². The molecule has 2 rings (SSSR count). The largest absolute Gasteiger partial charge is 0.303 e. The second-order valence-corrected chi connectivity index (χ2v) is 3.03. The van der Waals surface area contributed by atoms with E-state index in [4.69, 9.17) is 5.21 Å². The standard InChI is InChI=1S/C6H10N2O2/c9-6(8-10)5-2-3-1-4(3)7-5/h3-5,7,10H,1-2H2,(H,8,9)/t3-,4-,5+/m1/s1. The monoisotopic (exact) mass is 142 g/mol. The van der Waals surface area contributed by atoms with Gasteiger partial charge in [0.1, 0.15) is 0 Å². The molecular formula is C6H10N2O2. The number of fused-ring (bicyclic) bond motifs is 1. The highest BCUT2D eigenvalue weighted by atomic mass is 16.5. The minimum Gasteiger partial charge on any atom is -0.303 e. The van der Waals surface area contributed by atoms with Crippen molar-refractivity contribution >= 4 is 5.91 Å². The Labute approximate surface area is 58.6 Å². The number of piperidine rings is 1. The summed E-state index contributed by atoms with van der Waals surface area (Å²) in [6.07, 6.45) is 2.09. The van der Waals surface area contributed by atoms with E-state index in [0.29, 0.717) is 12.0 Å². The van der Waals surface area contributed by atoms with Gasteiger partial charge in [-0.25, -0.2) is 5.48 Å². The maximum Gasteiger partial charge on any atom is 0.260 e. The van der Waals surface area contributed by atoms with Crippen LogP contribution in [-0.2, 0) is 4.79 Å². The Hall–Kier alpha value is -0.610. The summed E-state index contributed by atoms with van der Waals surface area (Å²) in [7, 11) is 0. The smallest absolute Gasteiger partial charge is 0.260 e. The molecule has 56 valence electrons. The molecular weight excluding hydrogens is 132 g/mol. The van der Waals surface area contributed by atoms with Crippen molar-refractivity contribution in [3.8, 4) is 0 Å². The van der Waals surface area contributed by atoms with Crippen LogP contribution < -0.4 is 10.8 Å². The van der Waals surface area contributed by atoms with Crippen LogP contribution in [0.5, 0.6) is 0 Å². The third-order valence-electron chi connectivity index (χ3n) is 2.30. The van der Waals surface area contributed by atoms with Gasteiger partial charge >= 0.3 is 0 Å². The molecule has 0 aromatic rings. The van der Waals surface area contributed by atoms with Gasteiger partial charge < -0.3 is 5.32 Å². The maximum absolute atomic E-state index is 10.8. The first-order valence-corrected chi connectivity index (χ1v) is 3.51. The first-order chi connectivity index (χ1) is 4.81. The Kier molecular flexibility index (Phi) is 1.18. The second kappa shape index (κ2) is 1.93. The molecule has 1 saturated carbocycles. The molecule has 1 saturated heterocycles. The lowest BCUT2D eigenvalue weighted by atomic mass is 10.2. The molecule has 0 aromatic heterocycles. The molecule has 0 radical (unpaired) electrons. The SMILES string of the molecule is O=C(NO)[C@@H]1C[C@H]2C[C@H]2N1. The van der Waals surface area contributed by atoms with Crippen molar-refractivity contribution in [3.63, 3.8) is 0 Å². The summed E-state index contributed by atoms with van der Waals surface area (Å²) >= 11 is 0. The number of hydrogen-bond donors (Lipinski definition) is 3. The zero-order chi connectivity index (χ0) is 7.14. The van der Waals surface area contributed by atoms with Gasteiger partial charge in [-0.2, -0.15) is 0 Å². The number of hydrogen-bond acceptors (Lipinski definition) is 3. The first kappa shape index (κ1) is 6.12. The van der Waals surface area contributed by atoms with Gasteiger partial charge in [0, 0.05) is 6.04 Å². The number of carbonyl (C=O) groups excluding carboxylic acids is 1. The molecule has 1 amide bonds. The molecule has 4 nitrogen and oxygen atoms in total. The highest BCUT2D eigenvalue weighted by molar-refractivity contribution is 5.81. The average molecular weight is 142 g/mol. The summed E-state index contributed by atoms with van der Waals surface area (Å²) in [5.41, 5.74) is 1.65. The molecule has 2 fully saturated rings.